The normalized spacial score (nSPS) is 12.0. The Morgan fingerprint density at radius 2 is 1.71 bits per heavy atom. The summed E-state index contributed by atoms with van der Waals surface area (Å²) in [6.45, 7) is 4.19. The fraction of sp³-hybridized carbons (Fsp3) is 0.152. The van der Waals surface area contributed by atoms with Crippen LogP contribution in [0, 0.1) is 19.7 Å². The van der Waals surface area contributed by atoms with Gasteiger partial charge in [0.25, 0.3) is 10.0 Å². The fourth-order valence-electron chi connectivity index (χ4n) is 4.65. The van der Waals surface area contributed by atoms with Crippen LogP contribution in [0.2, 0.25) is 0 Å². The van der Waals surface area contributed by atoms with Crippen molar-refractivity contribution in [3.8, 4) is 22.3 Å². The highest BCUT2D eigenvalue weighted by atomic mass is 32.2. The van der Waals surface area contributed by atoms with Gasteiger partial charge in [-0.05, 0) is 69.4 Å². The Morgan fingerprint density at radius 1 is 0.976 bits per heavy atom. The molecule has 0 saturated carbocycles. The average molecular weight is 583 g/mol. The van der Waals surface area contributed by atoms with Gasteiger partial charge in [-0.2, -0.15) is 0 Å². The Morgan fingerprint density at radius 3 is 2.45 bits per heavy atom. The number of anilines is 1. The van der Waals surface area contributed by atoms with Gasteiger partial charge in [-0.3, -0.25) is 4.79 Å². The number of benzene rings is 3. The SMILES string of the molecule is Cc1ccc(S(=O)(=O)n2cc(-c3cccc(C)c3F)c3cc(-c4cccc(NC(=O)/C=C/CN(C)C)c4)cnc32)cc1. The lowest BCUT2D eigenvalue weighted by molar-refractivity contribution is -0.111. The molecule has 0 aliphatic carbocycles. The number of hydrogen-bond donors (Lipinski definition) is 1. The van der Waals surface area contributed by atoms with Gasteiger partial charge in [0.1, 0.15) is 5.82 Å². The zero-order chi connectivity index (χ0) is 30.0. The molecule has 1 N–H and O–H groups in total. The lowest BCUT2D eigenvalue weighted by Gasteiger charge is -2.09. The molecule has 2 aromatic heterocycles. The molecule has 1 amide bonds. The van der Waals surface area contributed by atoms with Crippen LogP contribution in [-0.2, 0) is 14.8 Å². The number of fused-ring (bicyclic) bond motifs is 1. The first-order valence-corrected chi connectivity index (χ1v) is 14.8. The van der Waals surface area contributed by atoms with Gasteiger partial charge in [-0.15, -0.1) is 0 Å². The second-order valence-corrected chi connectivity index (χ2v) is 12.2. The molecule has 5 rings (SSSR count). The summed E-state index contributed by atoms with van der Waals surface area (Å²) in [6, 6.07) is 20.7. The minimum atomic E-state index is -4.03. The molecule has 0 unspecified atom stereocenters. The van der Waals surface area contributed by atoms with Gasteiger partial charge < -0.3 is 10.2 Å². The molecule has 3 aromatic carbocycles. The fourth-order valence-corrected chi connectivity index (χ4v) is 5.97. The zero-order valence-electron chi connectivity index (χ0n) is 23.8. The smallest absolute Gasteiger partial charge is 0.269 e. The first-order valence-electron chi connectivity index (χ1n) is 13.4. The third kappa shape index (κ3) is 5.88. The van der Waals surface area contributed by atoms with Crippen LogP contribution in [-0.4, -0.2) is 48.8 Å². The minimum absolute atomic E-state index is 0.107. The van der Waals surface area contributed by atoms with Crippen LogP contribution in [0.25, 0.3) is 33.3 Å². The number of rotatable bonds is 8. The van der Waals surface area contributed by atoms with Crippen molar-refractivity contribution < 1.29 is 17.6 Å². The molecule has 42 heavy (non-hydrogen) atoms. The van der Waals surface area contributed by atoms with E-state index in [1.165, 1.54) is 12.3 Å². The summed E-state index contributed by atoms with van der Waals surface area (Å²) < 4.78 is 44.0. The minimum Gasteiger partial charge on any atom is -0.323 e. The first kappa shape index (κ1) is 28.9. The summed E-state index contributed by atoms with van der Waals surface area (Å²) in [5.41, 5.74) is 4.28. The Kier molecular flexibility index (Phi) is 8.06. The van der Waals surface area contributed by atoms with E-state index in [1.54, 1.807) is 73.8 Å². The highest BCUT2D eigenvalue weighted by Crippen LogP contribution is 2.36. The number of pyridine rings is 1. The van der Waals surface area contributed by atoms with E-state index < -0.39 is 15.8 Å². The van der Waals surface area contributed by atoms with Crippen LogP contribution in [0.4, 0.5) is 10.1 Å². The van der Waals surface area contributed by atoms with E-state index in [0.29, 0.717) is 34.3 Å². The molecule has 0 atom stereocenters. The predicted octanol–water partition coefficient (Wildman–Crippen LogP) is 6.42. The lowest BCUT2D eigenvalue weighted by atomic mass is 10.0. The van der Waals surface area contributed by atoms with E-state index >= 15 is 4.39 Å². The van der Waals surface area contributed by atoms with Crippen LogP contribution in [0.3, 0.4) is 0 Å². The average Bonchev–Trinajstić information content (AvgIpc) is 3.34. The molecule has 5 aromatic rings. The number of amides is 1. The second-order valence-electron chi connectivity index (χ2n) is 10.4. The van der Waals surface area contributed by atoms with Crippen LogP contribution in [0.5, 0.6) is 0 Å². The highest BCUT2D eigenvalue weighted by Gasteiger charge is 2.24. The molecule has 0 aliphatic heterocycles. The second kappa shape index (κ2) is 11.7. The molecule has 9 heteroatoms. The number of aromatic nitrogens is 2. The number of nitrogens with zero attached hydrogens (tertiary/aromatic N) is 3. The van der Waals surface area contributed by atoms with Gasteiger partial charge in [0.05, 0.1) is 4.90 Å². The van der Waals surface area contributed by atoms with Crippen molar-refractivity contribution in [1.82, 2.24) is 13.9 Å². The highest BCUT2D eigenvalue weighted by molar-refractivity contribution is 7.90. The molecule has 0 aliphatic rings. The molecule has 2 heterocycles. The number of likely N-dealkylation sites (N-methyl/N-ethyl adjacent to an activating group) is 1. The summed E-state index contributed by atoms with van der Waals surface area (Å²) in [5, 5.41) is 3.34. The summed E-state index contributed by atoms with van der Waals surface area (Å²) >= 11 is 0. The standard InChI is InChI=1S/C33H31FN4O3S/c1-22-13-15-27(16-14-22)42(40,41)38-21-30(28-11-5-8-23(2)32(28)34)29-19-25(20-35-33(29)38)24-9-6-10-26(18-24)36-31(39)12-7-17-37(3)4/h5-16,18-21H,17H2,1-4H3,(H,36,39)/b12-7+. The van der Waals surface area contributed by atoms with Gasteiger partial charge in [-0.1, -0.05) is 54.1 Å². The quantitative estimate of drug-likeness (QED) is 0.214. The van der Waals surface area contributed by atoms with Crippen molar-refractivity contribution in [2.45, 2.75) is 18.7 Å². The topological polar surface area (TPSA) is 84.3 Å². The van der Waals surface area contributed by atoms with Crippen molar-refractivity contribution in [2.75, 3.05) is 26.0 Å². The first-order chi connectivity index (χ1) is 20.0. The maximum absolute atomic E-state index is 15.4. The number of nitrogens with one attached hydrogen (secondary N) is 1. The summed E-state index contributed by atoms with van der Waals surface area (Å²) in [4.78, 5) is 19.0. The molecular formula is C33H31FN4O3S. The van der Waals surface area contributed by atoms with E-state index in [4.69, 9.17) is 0 Å². The maximum atomic E-state index is 15.4. The van der Waals surface area contributed by atoms with Crippen LogP contribution in [0.1, 0.15) is 11.1 Å². The van der Waals surface area contributed by atoms with Gasteiger partial charge in [0.15, 0.2) is 5.65 Å². The van der Waals surface area contributed by atoms with Crippen molar-refractivity contribution in [3.05, 3.63) is 114 Å². The third-order valence-corrected chi connectivity index (χ3v) is 8.54. The Bertz CT molecular complexity index is 1930. The van der Waals surface area contributed by atoms with Crippen LogP contribution in [0.15, 0.2) is 102 Å². The summed E-state index contributed by atoms with van der Waals surface area (Å²) in [7, 11) is -0.192. The van der Waals surface area contributed by atoms with E-state index in [2.05, 4.69) is 10.3 Å². The van der Waals surface area contributed by atoms with E-state index in [0.717, 1.165) is 15.1 Å². The molecular weight excluding hydrogens is 551 g/mol. The van der Waals surface area contributed by atoms with Gasteiger partial charge in [0, 0.05) is 52.8 Å². The maximum Gasteiger partial charge on any atom is 0.269 e. The summed E-state index contributed by atoms with van der Waals surface area (Å²) in [6.07, 6.45) is 6.28. The number of carbonyl (C=O) groups is 1. The molecule has 0 bridgehead atoms. The van der Waals surface area contributed by atoms with E-state index in [1.807, 2.05) is 44.1 Å². The van der Waals surface area contributed by atoms with Crippen molar-refractivity contribution in [2.24, 2.45) is 0 Å². The predicted molar refractivity (Wildman–Crippen MR) is 165 cm³/mol. The Balaban J connectivity index is 1.62. The Hall–Kier alpha value is -4.60. The van der Waals surface area contributed by atoms with Gasteiger partial charge in [-0.25, -0.2) is 21.8 Å². The molecule has 0 spiro atoms. The zero-order valence-corrected chi connectivity index (χ0v) is 24.6. The third-order valence-electron chi connectivity index (χ3n) is 6.87. The molecule has 0 radical (unpaired) electrons. The Labute approximate surface area is 245 Å². The largest absolute Gasteiger partial charge is 0.323 e. The van der Waals surface area contributed by atoms with Gasteiger partial charge in [0.2, 0.25) is 5.91 Å². The molecule has 7 nitrogen and oxygen atoms in total. The summed E-state index contributed by atoms with van der Waals surface area (Å²) in [5.74, 6) is -0.681. The molecule has 0 saturated heterocycles. The van der Waals surface area contributed by atoms with E-state index in [-0.39, 0.29) is 22.0 Å². The van der Waals surface area contributed by atoms with E-state index in [9.17, 15) is 13.2 Å². The van der Waals surface area contributed by atoms with Crippen molar-refractivity contribution >= 4 is 32.7 Å². The number of carbonyl (C=O) groups excluding carboxylic acids is 1. The van der Waals surface area contributed by atoms with Crippen molar-refractivity contribution in [1.29, 1.82) is 0 Å². The van der Waals surface area contributed by atoms with Gasteiger partial charge >= 0.3 is 0 Å². The number of halogens is 1. The van der Waals surface area contributed by atoms with Crippen LogP contribution < -0.4 is 5.32 Å². The molecule has 0 fully saturated rings. The van der Waals surface area contributed by atoms with Crippen LogP contribution >= 0.6 is 0 Å². The van der Waals surface area contributed by atoms with Crippen molar-refractivity contribution in [3.63, 3.8) is 0 Å². The number of aryl methyl sites for hydroxylation is 2. The monoisotopic (exact) mass is 582 g/mol. The molecule has 214 valence electrons. The lowest BCUT2D eigenvalue weighted by Crippen LogP contribution is -2.12. The number of hydrogen-bond acceptors (Lipinski definition) is 5.